The summed E-state index contributed by atoms with van der Waals surface area (Å²) in [4.78, 5) is 30.5. The molecule has 0 aliphatic carbocycles. The van der Waals surface area contributed by atoms with Crippen molar-refractivity contribution in [3.8, 4) is 5.69 Å². The Morgan fingerprint density at radius 2 is 1.81 bits per heavy atom. The molecule has 2 aromatic carbocycles. The van der Waals surface area contributed by atoms with E-state index in [1.807, 2.05) is 67.5 Å². The molecule has 3 aromatic rings. The van der Waals surface area contributed by atoms with Gasteiger partial charge in [0.25, 0.3) is 5.91 Å². The van der Waals surface area contributed by atoms with E-state index in [1.54, 1.807) is 11.0 Å². The van der Waals surface area contributed by atoms with E-state index in [9.17, 15) is 9.59 Å². The first-order chi connectivity index (χ1) is 15.5. The summed E-state index contributed by atoms with van der Waals surface area (Å²) in [6, 6.07) is 15.4. The fraction of sp³-hybridized carbons (Fsp3) is 0.261. The summed E-state index contributed by atoms with van der Waals surface area (Å²) in [7, 11) is 5.21. The number of benzene rings is 2. The number of esters is 1. The zero-order valence-electron chi connectivity index (χ0n) is 18.2. The van der Waals surface area contributed by atoms with Gasteiger partial charge in [0.05, 0.1) is 24.6 Å². The van der Waals surface area contributed by atoms with Crippen molar-refractivity contribution in [3.05, 3.63) is 72.3 Å². The Labute approximate surface area is 185 Å². The molecule has 2 heterocycles. The smallest absolute Gasteiger partial charge is 0.315 e. The summed E-state index contributed by atoms with van der Waals surface area (Å²) in [6.07, 6.45) is 3.29. The van der Waals surface area contributed by atoms with Crippen molar-refractivity contribution in [2.75, 3.05) is 26.1 Å². The van der Waals surface area contributed by atoms with Gasteiger partial charge in [0.2, 0.25) is 0 Å². The number of aromatic nitrogens is 3. The van der Waals surface area contributed by atoms with Crippen LogP contribution in [-0.4, -0.2) is 58.6 Å². The molecule has 164 valence electrons. The second kappa shape index (κ2) is 9.01. The lowest BCUT2D eigenvalue weighted by Gasteiger charge is -2.22. The van der Waals surface area contributed by atoms with Gasteiger partial charge < -0.3 is 9.64 Å². The number of hydrogen-bond acceptors (Lipinski definition) is 7. The van der Waals surface area contributed by atoms with Gasteiger partial charge in [-0.15, -0.1) is 0 Å². The minimum Gasteiger partial charge on any atom is -0.469 e. The molecule has 0 N–H and O–H groups in total. The molecule has 9 heteroatoms. The molecule has 1 aliphatic rings. The molecule has 1 aliphatic heterocycles. The predicted octanol–water partition coefficient (Wildman–Crippen LogP) is 2.57. The molecule has 1 aromatic heterocycles. The van der Waals surface area contributed by atoms with Crippen LogP contribution in [0.25, 0.3) is 5.69 Å². The maximum Gasteiger partial charge on any atom is 0.315 e. The molecule has 0 saturated heterocycles. The van der Waals surface area contributed by atoms with Gasteiger partial charge in [-0.25, -0.2) is 14.7 Å². The second-order valence-corrected chi connectivity index (χ2v) is 7.63. The number of carbonyl (C=O) groups is 2. The number of methoxy groups -OCH3 is 1. The summed E-state index contributed by atoms with van der Waals surface area (Å²) in [5.41, 5.74) is 4.56. The van der Waals surface area contributed by atoms with Crippen LogP contribution in [0, 0.1) is 0 Å². The number of hydrazone groups is 1. The van der Waals surface area contributed by atoms with Crippen molar-refractivity contribution >= 4 is 23.3 Å². The third-order valence-electron chi connectivity index (χ3n) is 5.37. The number of ether oxygens (including phenoxy) is 1. The first-order valence-corrected chi connectivity index (χ1v) is 10.2. The van der Waals surface area contributed by atoms with Crippen LogP contribution in [0.2, 0.25) is 0 Å². The van der Waals surface area contributed by atoms with Gasteiger partial charge in [0.15, 0.2) is 0 Å². The molecule has 0 radical (unpaired) electrons. The lowest BCUT2D eigenvalue weighted by Crippen LogP contribution is -2.29. The Morgan fingerprint density at radius 1 is 1.09 bits per heavy atom. The minimum atomic E-state index is -0.586. The third-order valence-corrected chi connectivity index (χ3v) is 5.37. The zero-order chi connectivity index (χ0) is 22.7. The molecule has 1 atom stereocenters. The molecule has 1 amide bonds. The van der Waals surface area contributed by atoms with E-state index in [0.717, 1.165) is 28.2 Å². The Bertz CT molecular complexity index is 1120. The molecule has 0 fully saturated rings. The fourth-order valence-corrected chi connectivity index (χ4v) is 3.59. The molecular formula is C23H24N6O3. The number of anilines is 1. The number of nitrogens with zero attached hydrogens (tertiary/aromatic N) is 6. The molecular weight excluding hydrogens is 408 g/mol. The van der Waals surface area contributed by atoms with Crippen LogP contribution < -0.4 is 4.90 Å². The average molecular weight is 432 g/mol. The van der Waals surface area contributed by atoms with E-state index in [4.69, 9.17) is 0 Å². The van der Waals surface area contributed by atoms with E-state index in [1.165, 1.54) is 18.4 Å². The highest BCUT2D eigenvalue weighted by atomic mass is 16.5. The van der Waals surface area contributed by atoms with Crippen LogP contribution in [-0.2, 0) is 14.3 Å². The molecule has 4 rings (SSSR count). The van der Waals surface area contributed by atoms with Crippen molar-refractivity contribution < 1.29 is 14.3 Å². The topological polar surface area (TPSA) is 92.9 Å². The quantitative estimate of drug-likeness (QED) is 0.439. The van der Waals surface area contributed by atoms with Crippen LogP contribution in [0.3, 0.4) is 0 Å². The lowest BCUT2D eigenvalue weighted by atomic mass is 9.98. The fourth-order valence-electron chi connectivity index (χ4n) is 3.59. The number of carbonyl (C=O) groups excluding carboxylic acids is 2. The Hall–Kier alpha value is -4.01. The van der Waals surface area contributed by atoms with Gasteiger partial charge in [0, 0.05) is 26.2 Å². The van der Waals surface area contributed by atoms with Crippen molar-refractivity contribution in [2.45, 2.75) is 18.9 Å². The van der Waals surface area contributed by atoms with E-state index < -0.39 is 11.9 Å². The van der Waals surface area contributed by atoms with E-state index in [2.05, 4.69) is 19.9 Å². The van der Waals surface area contributed by atoms with Crippen molar-refractivity contribution in [1.29, 1.82) is 0 Å². The van der Waals surface area contributed by atoms with Gasteiger partial charge in [0.1, 0.15) is 19.1 Å². The highest BCUT2D eigenvalue weighted by molar-refractivity contribution is 6.04. The first-order valence-electron chi connectivity index (χ1n) is 10.2. The number of hydrogen-bond donors (Lipinski definition) is 0. The highest BCUT2D eigenvalue weighted by Gasteiger charge is 2.34. The predicted molar refractivity (Wildman–Crippen MR) is 120 cm³/mol. The zero-order valence-corrected chi connectivity index (χ0v) is 18.2. The van der Waals surface area contributed by atoms with Crippen molar-refractivity contribution in [1.82, 2.24) is 19.8 Å². The minimum absolute atomic E-state index is 0.298. The van der Waals surface area contributed by atoms with Gasteiger partial charge in [-0.1, -0.05) is 24.3 Å². The summed E-state index contributed by atoms with van der Waals surface area (Å²) < 4.78 is 6.34. The van der Waals surface area contributed by atoms with Gasteiger partial charge in [-0.2, -0.15) is 10.2 Å². The van der Waals surface area contributed by atoms with Crippen molar-refractivity contribution in [2.24, 2.45) is 5.10 Å². The average Bonchev–Trinajstić information content (AvgIpc) is 3.50. The van der Waals surface area contributed by atoms with Crippen LogP contribution in [0.4, 0.5) is 5.69 Å². The largest absolute Gasteiger partial charge is 0.469 e. The van der Waals surface area contributed by atoms with E-state index in [-0.39, 0.29) is 12.5 Å². The third kappa shape index (κ3) is 4.36. The molecule has 9 nitrogen and oxygen atoms in total. The molecule has 32 heavy (non-hydrogen) atoms. The van der Waals surface area contributed by atoms with Crippen LogP contribution >= 0.6 is 0 Å². The Morgan fingerprint density at radius 3 is 2.41 bits per heavy atom. The molecule has 0 bridgehead atoms. The monoisotopic (exact) mass is 432 g/mol. The van der Waals surface area contributed by atoms with Crippen LogP contribution in [0.15, 0.2) is 66.3 Å². The Balaban J connectivity index is 1.62. The number of amides is 1. The number of rotatable bonds is 6. The summed E-state index contributed by atoms with van der Waals surface area (Å²) in [6.45, 7) is 0. The highest BCUT2D eigenvalue weighted by Crippen LogP contribution is 2.34. The summed E-state index contributed by atoms with van der Waals surface area (Å²) >= 11 is 0. The van der Waals surface area contributed by atoms with E-state index in [0.29, 0.717) is 6.42 Å². The van der Waals surface area contributed by atoms with Crippen LogP contribution in [0.5, 0.6) is 0 Å². The van der Waals surface area contributed by atoms with Gasteiger partial charge in [-0.05, 0) is 35.4 Å². The lowest BCUT2D eigenvalue weighted by molar-refractivity contribution is -0.147. The molecule has 0 saturated carbocycles. The van der Waals surface area contributed by atoms with Gasteiger partial charge >= 0.3 is 5.97 Å². The second-order valence-electron chi connectivity index (χ2n) is 7.63. The summed E-state index contributed by atoms with van der Waals surface area (Å²) in [5, 5.41) is 10.1. The Kier molecular flexibility index (Phi) is 5.98. The van der Waals surface area contributed by atoms with E-state index >= 15 is 0 Å². The molecule has 0 spiro atoms. The first kappa shape index (κ1) is 21.2. The standard InChI is InChI=1S/C23H24N6O3/c1-27(2)18-8-6-17(7-9-18)21-12-20(26-29(21)22(30)13-23(31)32-3)16-4-10-19(11-5-16)28-15-24-14-25-28/h4-11,14-15,21H,12-13H2,1-3H3. The maximum atomic E-state index is 12.9. The normalized spacial score (nSPS) is 15.4. The summed E-state index contributed by atoms with van der Waals surface area (Å²) in [5.74, 6) is -0.981. The van der Waals surface area contributed by atoms with Crippen LogP contribution in [0.1, 0.15) is 30.0 Å². The molecule has 1 unspecified atom stereocenters. The van der Waals surface area contributed by atoms with Crippen molar-refractivity contribution in [3.63, 3.8) is 0 Å². The maximum absolute atomic E-state index is 12.9. The van der Waals surface area contributed by atoms with Gasteiger partial charge in [-0.3, -0.25) is 9.59 Å². The SMILES string of the molecule is COC(=O)CC(=O)N1N=C(c2ccc(-n3cncn3)cc2)CC1c1ccc(N(C)C)cc1.